The van der Waals surface area contributed by atoms with Gasteiger partial charge in [0.15, 0.2) is 0 Å². The number of rotatable bonds is 9. The molecule has 0 bridgehead atoms. The Morgan fingerprint density at radius 1 is 0.906 bits per heavy atom. The standard InChI is InChI=1S/C23H27Cl2N5O2/c24-19-4-1-6-21(16-19)28-12-10-27(11-13-28)8-3-9-30-23(31)29(18-26-30)14-15-32-22-7-2-5-20(25)17-22/h1-2,4-7,16-18H,3,8-15H2. The third kappa shape index (κ3) is 6.06. The second-order valence-electron chi connectivity index (χ2n) is 7.80. The Balaban J connectivity index is 1.18. The molecule has 1 fully saturated rings. The number of benzene rings is 2. The van der Waals surface area contributed by atoms with Gasteiger partial charge in [0.2, 0.25) is 0 Å². The zero-order valence-electron chi connectivity index (χ0n) is 17.9. The Labute approximate surface area is 197 Å². The summed E-state index contributed by atoms with van der Waals surface area (Å²) in [4.78, 5) is 17.3. The van der Waals surface area contributed by atoms with Crippen LogP contribution in [0, 0.1) is 0 Å². The van der Waals surface area contributed by atoms with E-state index in [0.717, 1.165) is 44.2 Å². The minimum absolute atomic E-state index is 0.106. The zero-order chi connectivity index (χ0) is 22.3. The maximum absolute atomic E-state index is 12.5. The topological polar surface area (TPSA) is 55.5 Å². The van der Waals surface area contributed by atoms with Gasteiger partial charge in [0.05, 0.1) is 6.54 Å². The van der Waals surface area contributed by atoms with Crippen LogP contribution in [0.1, 0.15) is 6.42 Å². The molecular weight excluding hydrogens is 449 g/mol. The number of piperazine rings is 1. The van der Waals surface area contributed by atoms with Gasteiger partial charge in [0.25, 0.3) is 0 Å². The summed E-state index contributed by atoms with van der Waals surface area (Å²) in [6.45, 7) is 6.31. The van der Waals surface area contributed by atoms with Gasteiger partial charge < -0.3 is 9.64 Å². The highest BCUT2D eigenvalue weighted by molar-refractivity contribution is 6.31. The van der Waals surface area contributed by atoms with Crippen LogP contribution in [0.4, 0.5) is 5.69 Å². The number of halogens is 2. The van der Waals surface area contributed by atoms with E-state index in [2.05, 4.69) is 21.0 Å². The molecule has 0 amide bonds. The van der Waals surface area contributed by atoms with Crippen LogP contribution in [0.3, 0.4) is 0 Å². The number of anilines is 1. The second kappa shape index (κ2) is 10.9. The Hall–Kier alpha value is -2.48. The molecule has 2 heterocycles. The van der Waals surface area contributed by atoms with Gasteiger partial charge in [-0.25, -0.2) is 9.48 Å². The quantitative estimate of drug-likeness (QED) is 0.472. The van der Waals surface area contributed by atoms with Crippen molar-refractivity contribution in [1.82, 2.24) is 19.2 Å². The monoisotopic (exact) mass is 475 g/mol. The normalized spacial score (nSPS) is 14.6. The van der Waals surface area contributed by atoms with Crippen LogP contribution in [0.2, 0.25) is 10.0 Å². The van der Waals surface area contributed by atoms with Crippen molar-refractivity contribution in [3.05, 3.63) is 75.4 Å². The number of hydrogen-bond donors (Lipinski definition) is 0. The number of ether oxygens (including phenoxy) is 1. The first-order chi connectivity index (χ1) is 15.6. The summed E-state index contributed by atoms with van der Waals surface area (Å²) < 4.78 is 8.77. The lowest BCUT2D eigenvalue weighted by Crippen LogP contribution is -2.46. The average Bonchev–Trinajstić information content (AvgIpc) is 3.14. The zero-order valence-corrected chi connectivity index (χ0v) is 19.4. The lowest BCUT2D eigenvalue weighted by molar-refractivity contribution is 0.248. The van der Waals surface area contributed by atoms with Gasteiger partial charge in [-0.2, -0.15) is 5.10 Å². The molecule has 2 aromatic carbocycles. The van der Waals surface area contributed by atoms with Crippen LogP contribution >= 0.6 is 23.2 Å². The number of nitrogens with zero attached hydrogens (tertiary/aromatic N) is 5. The first-order valence-electron chi connectivity index (χ1n) is 10.8. The molecule has 0 atom stereocenters. The smallest absolute Gasteiger partial charge is 0.345 e. The van der Waals surface area contributed by atoms with E-state index in [-0.39, 0.29) is 5.69 Å². The Morgan fingerprint density at radius 3 is 2.41 bits per heavy atom. The molecule has 0 saturated carbocycles. The molecule has 1 aromatic heterocycles. The molecule has 1 saturated heterocycles. The van der Waals surface area contributed by atoms with E-state index in [1.807, 2.05) is 30.3 Å². The molecule has 9 heteroatoms. The van der Waals surface area contributed by atoms with Crippen LogP contribution in [-0.2, 0) is 13.1 Å². The minimum Gasteiger partial charge on any atom is -0.492 e. The van der Waals surface area contributed by atoms with E-state index in [1.54, 1.807) is 23.0 Å². The summed E-state index contributed by atoms with van der Waals surface area (Å²) in [6, 6.07) is 15.2. The van der Waals surface area contributed by atoms with E-state index in [9.17, 15) is 4.79 Å². The average molecular weight is 476 g/mol. The van der Waals surface area contributed by atoms with Crippen LogP contribution in [0.15, 0.2) is 59.7 Å². The molecule has 170 valence electrons. The third-order valence-electron chi connectivity index (χ3n) is 5.58. The van der Waals surface area contributed by atoms with Crippen molar-refractivity contribution >= 4 is 28.9 Å². The van der Waals surface area contributed by atoms with E-state index < -0.39 is 0 Å². The molecule has 0 radical (unpaired) electrons. The summed E-state index contributed by atoms with van der Waals surface area (Å²) in [7, 11) is 0. The molecule has 0 unspecified atom stereocenters. The highest BCUT2D eigenvalue weighted by Gasteiger charge is 2.17. The largest absolute Gasteiger partial charge is 0.492 e. The molecule has 0 aliphatic carbocycles. The fourth-order valence-corrected chi connectivity index (χ4v) is 4.21. The third-order valence-corrected chi connectivity index (χ3v) is 6.05. The first kappa shape index (κ1) is 22.7. The molecule has 32 heavy (non-hydrogen) atoms. The summed E-state index contributed by atoms with van der Waals surface area (Å²) in [6.07, 6.45) is 2.46. The fourth-order valence-electron chi connectivity index (χ4n) is 3.84. The van der Waals surface area contributed by atoms with Crippen molar-refractivity contribution in [3.63, 3.8) is 0 Å². The molecule has 7 nitrogen and oxygen atoms in total. The fraction of sp³-hybridized carbons (Fsp3) is 0.391. The Kier molecular flexibility index (Phi) is 7.73. The number of hydrogen-bond acceptors (Lipinski definition) is 5. The van der Waals surface area contributed by atoms with Crippen molar-refractivity contribution in [2.45, 2.75) is 19.5 Å². The van der Waals surface area contributed by atoms with E-state index in [1.165, 1.54) is 10.4 Å². The summed E-state index contributed by atoms with van der Waals surface area (Å²) in [5.41, 5.74) is 1.07. The Bertz CT molecular complexity index is 1080. The summed E-state index contributed by atoms with van der Waals surface area (Å²) in [5, 5.41) is 5.64. The number of aryl methyl sites for hydroxylation is 1. The van der Waals surface area contributed by atoms with Gasteiger partial charge in [0, 0.05) is 55.0 Å². The highest BCUT2D eigenvalue weighted by atomic mass is 35.5. The van der Waals surface area contributed by atoms with Crippen LogP contribution in [0.5, 0.6) is 5.75 Å². The van der Waals surface area contributed by atoms with Gasteiger partial charge in [-0.1, -0.05) is 35.3 Å². The lowest BCUT2D eigenvalue weighted by Gasteiger charge is -2.36. The molecule has 0 N–H and O–H groups in total. The van der Waals surface area contributed by atoms with Gasteiger partial charge in [-0.05, 0) is 42.8 Å². The maximum atomic E-state index is 12.5. The molecule has 1 aliphatic rings. The summed E-state index contributed by atoms with van der Waals surface area (Å²) >= 11 is 12.1. The SMILES string of the molecule is O=c1n(CCOc2cccc(Cl)c2)cnn1CCCN1CCN(c2cccc(Cl)c2)CC1. The summed E-state index contributed by atoms with van der Waals surface area (Å²) in [5.74, 6) is 0.688. The lowest BCUT2D eigenvalue weighted by atomic mass is 10.2. The minimum atomic E-state index is -0.106. The molecule has 0 spiro atoms. The predicted octanol–water partition coefficient (Wildman–Crippen LogP) is 3.64. The molecule has 3 aromatic rings. The van der Waals surface area contributed by atoms with Crippen molar-refractivity contribution < 1.29 is 4.74 Å². The molecule has 1 aliphatic heterocycles. The maximum Gasteiger partial charge on any atom is 0.345 e. The van der Waals surface area contributed by atoms with Crippen LogP contribution in [-0.4, -0.2) is 58.6 Å². The van der Waals surface area contributed by atoms with E-state index in [4.69, 9.17) is 27.9 Å². The Morgan fingerprint density at radius 2 is 1.66 bits per heavy atom. The van der Waals surface area contributed by atoms with Crippen molar-refractivity contribution in [3.8, 4) is 5.75 Å². The van der Waals surface area contributed by atoms with Crippen LogP contribution < -0.4 is 15.3 Å². The van der Waals surface area contributed by atoms with Gasteiger partial charge in [0.1, 0.15) is 18.7 Å². The molecule has 4 rings (SSSR count). The van der Waals surface area contributed by atoms with Crippen molar-refractivity contribution in [2.24, 2.45) is 0 Å². The number of aromatic nitrogens is 3. The van der Waals surface area contributed by atoms with Gasteiger partial charge in [-0.3, -0.25) is 9.47 Å². The van der Waals surface area contributed by atoms with Gasteiger partial charge in [-0.15, -0.1) is 0 Å². The van der Waals surface area contributed by atoms with Crippen LogP contribution in [0.25, 0.3) is 0 Å². The van der Waals surface area contributed by atoms with Gasteiger partial charge >= 0.3 is 5.69 Å². The van der Waals surface area contributed by atoms with Crippen molar-refractivity contribution in [1.29, 1.82) is 0 Å². The predicted molar refractivity (Wildman–Crippen MR) is 128 cm³/mol. The first-order valence-corrected chi connectivity index (χ1v) is 11.6. The highest BCUT2D eigenvalue weighted by Crippen LogP contribution is 2.21. The van der Waals surface area contributed by atoms with E-state index >= 15 is 0 Å². The molecular formula is C23H27Cl2N5O2. The van der Waals surface area contributed by atoms with E-state index in [0.29, 0.717) is 30.5 Å². The second-order valence-corrected chi connectivity index (χ2v) is 8.67. The van der Waals surface area contributed by atoms with Crippen molar-refractivity contribution in [2.75, 3.05) is 44.2 Å².